The maximum Gasteiger partial charge on any atom is 0.0110 e. The highest BCUT2D eigenvalue weighted by molar-refractivity contribution is 4.82. The Kier molecular flexibility index (Phi) is 7.84. The molecule has 0 aromatic rings. The summed E-state index contributed by atoms with van der Waals surface area (Å²) < 4.78 is 0. The number of nitrogens with zero attached hydrogens (tertiary/aromatic N) is 3. The maximum absolute atomic E-state index is 2.78. The molecule has 2 heterocycles. The lowest BCUT2D eigenvalue weighted by Gasteiger charge is -2.41. The minimum atomic E-state index is 0.732. The number of hydrogen-bond donors (Lipinski definition) is 0. The van der Waals surface area contributed by atoms with Gasteiger partial charge in [0.1, 0.15) is 0 Å². The van der Waals surface area contributed by atoms with Gasteiger partial charge in [-0.05, 0) is 89.1 Å². The van der Waals surface area contributed by atoms with Crippen LogP contribution < -0.4 is 0 Å². The minimum absolute atomic E-state index is 0.732. The molecule has 0 aromatic carbocycles. The fourth-order valence-corrected chi connectivity index (χ4v) is 5.57. The van der Waals surface area contributed by atoms with E-state index in [1.54, 1.807) is 0 Å². The number of hydrogen-bond acceptors (Lipinski definition) is 3. The Morgan fingerprint density at radius 1 is 0.615 bits per heavy atom. The van der Waals surface area contributed by atoms with Crippen LogP contribution in [0.1, 0.15) is 66.2 Å². The van der Waals surface area contributed by atoms with Crippen LogP contribution in [0.15, 0.2) is 0 Å². The van der Waals surface area contributed by atoms with Crippen molar-refractivity contribution in [2.45, 2.75) is 72.3 Å². The van der Waals surface area contributed by atoms with Crippen LogP contribution in [0.25, 0.3) is 0 Å². The van der Waals surface area contributed by atoms with Gasteiger partial charge in [0.2, 0.25) is 0 Å². The average Bonchev–Trinajstić information content (AvgIpc) is 2.64. The standard InChI is InChI=1S/C23H45N3/c1-19(2)23-7-5-21(6-8-23)17-24-13-15-25(16-14-24)18-22-9-11-26(12-10-22)20(3)4/h19-23H,5-18H2,1-4H3. The van der Waals surface area contributed by atoms with Gasteiger partial charge in [0.25, 0.3) is 0 Å². The minimum Gasteiger partial charge on any atom is -0.301 e. The predicted molar refractivity (Wildman–Crippen MR) is 113 cm³/mol. The topological polar surface area (TPSA) is 9.72 Å². The van der Waals surface area contributed by atoms with Crippen molar-refractivity contribution in [3.8, 4) is 0 Å². The molecular formula is C23H45N3. The summed E-state index contributed by atoms with van der Waals surface area (Å²) in [6, 6.07) is 0.732. The summed E-state index contributed by atoms with van der Waals surface area (Å²) in [4.78, 5) is 8.20. The van der Waals surface area contributed by atoms with E-state index in [0.29, 0.717) is 0 Å². The third kappa shape index (κ3) is 5.94. The van der Waals surface area contributed by atoms with Gasteiger partial charge in [-0.25, -0.2) is 0 Å². The Morgan fingerprint density at radius 3 is 1.50 bits per heavy atom. The highest BCUT2D eigenvalue weighted by Crippen LogP contribution is 2.33. The van der Waals surface area contributed by atoms with Gasteiger partial charge in [0, 0.05) is 45.3 Å². The summed E-state index contributed by atoms with van der Waals surface area (Å²) >= 11 is 0. The van der Waals surface area contributed by atoms with Gasteiger partial charge in [-0.15, -0.1) is 0 Å². The fourth-order valence-electron chi connectivity index (χ4n) is 5.57. The summed E-state index contributed by atoms with van der Waals surface area (Å²) in [5.41, 5.74) is 0. The smallest absolute Gasteiger partial charge is 0.0110 e. The quantitative estimate of drug-likeness (QED) is 0.701. The molecule has 0 N–H and O–H groups in total. The van der Waals surface area contributed by atoms with Gasteiger partial charge in [-0.3, -0.25) is 0 Å². The Labute approximate surface area is 163 Å². The zero-order valence-corrected chi connectivity index (χ0v) is 18.1. The summed E-state index contributed by atoms with van der Waals surface area (Å²) in [6.07, 6.45) is 8.76. The van der Waals surface area contributed by atoms with Crippen molar-refractivity contribution in [3.05, 3.63) is 0 Å². The molecule has 0 amide bonds. The molecule has 2 aliphatic heterocycles. The highest BCUT2D eigenvalue weighted by atomic mass is 15.3. The van der Waals surface area contributed by atoms with E-state index in [1.165, 1.54) is 90.9 Å². The molecule has 0 atom stereocenters. The molecular weight excluding hydrogens is 318 g/mol. The van der Waals surface area contributed by atoms with Gasteiger partial charge in [0.05, 0.1) is 0 Å². The summed E-state index contributed by atoms with van der Waals surface area (Å²) in [6.45, 7) is 20.1. The first-order valence-electron chi connectivity index (χ1n) is 11.7. The van der Waals surface area contributed by atoms with Crippen LogP contribution in [-0.2, 0) is 0 Å². The highest BCUT2D eigenvalue weighted by Gasteiger charge is 2.27. The van der Waals surface area contributed by atoms with Gasteiger partial charge in [-0.2, -0.15) is 0 Å². The average molecular weight is 364 g/mol. The molecule has 0 unspecified atom stereocenters. The van der Waals surface area contributed by atoms with Crippen LogP contribution in [0.5, 0.6) is 0 Å². The number of rotatable bonds is 6. The summed E-state index contributed by atoms with van der Waals surface area (Å²) in [5, 5.41) is 0. The van der Waals surface area contributed by atoms with E-state index in [2.05, 4.69) is 42.4 Å². The van der Waals surface area contributed by atoms with E-state index in [4.69, 9.17) is 0 Å². The molecule has 0 aromatic heterocycles. The van der Waals surface area contributed by atoms with Crippen LogP contribution in [0.2, 0.25) is 0 Å². The number of piperazine rings is 1. The summed E-state index contributed by atoms with van der Waals surface area (Å²) in [7, 11) is 0. The predicted octanol–water partition coefficient (Wildman–Crippen LogP) is 4.19. The SMILES string of the molecule is CC(C)C1CCC(CN2CCN(CC3CCN(C(C)C)CC3)CC2)CC1. The largest absolute Gasteiger partial charge is 0.301 e. The molecule has 3 heteroatoms. The Bertz CT molecular complexity index is 346. The van der Waals surface area contributed by atoms with Crippen molar-refractivity contribution in [2.24, 2.45) is 23.7 Å². The van der Waals surface area contributed by atoms with E-state index in [9.17, 15) is 0 Å². The van der Waals surface area contributed by atoms with E-state index in [-0.39, 0.29) is 0 Å². The van der Waals surface area contributed by atoms with Crippen LogP contribution in [0.3, 0.4) is 0 Å². The van der Waals surface area contributed by atoms with Crippen LogP contribution >= 0.6 is 0 Å². The van der Waals surface area contributed by atoms with Crippen LogP contribution in [-0.4, -0.2) is 73.1 Å². The molecule has 2 saturated heterocycles. The molecule has 152 valence electrons. The third-order valence-electron chi connectivity index (χ3n) is 7.71. The molecule has 26 heavy (non-hydrogen) atoms. The van der Waals surface area contributed by atoms with Crippen LogP contribution in [0.4, 0.5) is 0 Å². The fraction of sp³-hybridized carbons (Fsp3) is 1.00. The monoisotopic (exact) mass is 363 g/mol. The summed E-state index contributed by atoms with van der Waals surface area (Å²) in [5.74, 6) is 3.83. The van der Waals surface area contributed by atoms with Gasteiger partial charge < -0.3 is 14.7 Å². The number of piperidine rings is 1. The second kappa shape index (κ2) is 9.89. The molecule has 3 aliphatic rings. The van der Waals surface area contributed by atoms with Crippen molar-refractivity contribution in [1.29, 1.82) is 0 Å². The lowest BCUT2D eigenvalue weighted by atomic mass is 9.77. The first-order valence-corrected chi connectivity index (χ1v) is 11.7. The zero-order valence-electron chi connectivity index (χ0n) is 18.1. The van der Waals surface area contributed by atoms with E-state index in [1.807, 2.05) is 0 Å². The molecule has 1 saturated carbocycles. The van der Waals surface area contributed by atoms with E-state index in [0.717, 1.165) is 29.7 Å². The van der Waals surface area contributed by atoms with Gasteiger partial charge >= 0.3 is 0 Å². The number of likely N-dealkylation sites (tertiary alicyclic amines) is 1. The molecule has 0 radical (unpaired) electrons. The normalized spacial score (nSPS) is 31.2. The lowest BCUT2D eigenvalue weighted by Crippen LogP contribution is -2.50. The van der Waals surface area contributed by atoms with Crippen molar-refractivity contribution >= 4 is 0 Å². The van der Waals surface area contributed by atoms with Crippen molar-refractivity contribution in [2.75, 3.05) is 52.4 Å². The van der Waals surface area contributed by atoms with Crippen molar-refractivity contribution < 1.29 is 0 Å². The maximum atomic E-state index is 2.78. The molecule has 0 spiro atoms. The van der Waals surface area contributed by atoms with Gasteiger partial charge in [0.15, 0.2) is 0 Å². The van der Waals surface area contributed by atoms with Crippen molar-refractivity contribution in [1.82, 2.24) is 14.7 Å². The van der Waals surface area contributed by atoms with Crippen molar-refractivity contribution in [3.63, 3.8) is 0 Å². The molecule has 3 rings (SSSR count). The second-order valence-electron chi connectivity index (χ2n) is 10.2. The van der Waals surface area contributed by atoms with Crippen LogP contribution in [0, 0.1) is 23.7 Å². The van der Waals surface area contributed by atoms with E-state index >= 15 is 0 Å². The third-order valence-corrected chi connectivity index (χ3v) is 7.71. The second-order valence-corrected chi connectivity index (χ2v) is 10.2. The Morgan fingerprint density at radius 2 is 1.08 bits per heavy atom. The first-order chi connectivity index (χ1) is 12.5. The Balaban J connectivity index is 1.30. The molecule has 1 aliphatic carbocycles. The van der Waals surface area contributed by atoms with E-state index < -0.39 is 0 Å². The zero-order chi connectivity index (χ0) is 18.5. The Hall–Kier alpha value is -0.120. The molecule has 3 fully saturated rings. The molecule has 0 bridgehead atoms. The van der Waals surface area contributed by atoms with Gasteiger partial charge in [-0.1, -0.05) is 13.8 Å². The first kappa shape index (κ1) is 20.6. The lowest BCUT2D eigenvalue weighted by molar-refractivity contribution is 0.0742. The molecule has 3 nitrogen and oxygen atoms in total.